The first-order valence-electron chi connectivity index (χ1n) is 7.92. The first-order valence-corrected chi connectivity index (χ1v) is 7.92. The molecule has 1 aromatic heterocycles. The molecule has 0 radical (unpaired) electrons. The van der Waals surface area contributed by atoms with Gasteiger partial charge in [-0.25, -0.2) is 4.98 Å². The van der Waals surface area contributed by atoms with Crippen molar-refractivity contribution in [3.05, 3.63) is 24.0 Å². The fraction of sp³-hybridized carbons (Fsp3) is 0.625. The molecule has 1 saturated carbocycles. The van der Waals surface area contributed by atoms with Crippen LogP contribution in [0.3, 0.4) is 0 Å². The highest BCUT2D eigenvalue weighted by Crippen LogP contribution is 2.30. The van der Waals surface area contributed by atoms with Gasteiger partial charge in [0.25, 0.3) is 5.91 Å². The van der Waals surface area contributed by atoms with Crippen molar-refractivity contribution in [1.29, 1.82) is 0 Å². The smallest absolute Gasteiger partial charge is 0.272 e. The molecule has 1 aliphatic heterocycles. The van der Waals surface area contributed by atoms with E-state index in [1.54, 1.807) is 6.20 Å². The van der Waals surface area contributed by atoms with Crippen molar-refractivity contribution < 1.29 is 9.53 Å². The zero-order valence-electron chi connectivity index (χ0n) is 12.5. The summed E-state index contributed by atoms with van der Waals surface area (Å²) in [7, 11) is 0. The summed E-state index contributed by atoms with van der Waals surface area (Å²) in [5, 5.41) is 3.27. The maximum Gasteiger partial charge on any atom is 0.272 e. The first-order chi connectivity index (χ1) is 10.3. The molecule has 1 saturated heterocycles. The maximum atomic E-state index is 12.7. The highest BCUT2D eigenvalue weighted by molar-refractivity contribution is 5.92. The zero-order valence-corrected chi connectivity index (χ0v) is 12.5. The summed E-state index contributed by atoms with van der Waals surface area (Å²) >= 11 is 0. The van der Waals surface area contributed by atoms with E-state index in [0.29, 0.717) is 18.8 Å². The molecule has 1 N–H and O–H groups in total. The lowest BCUT2D eigenvalue weighted by molar-refractivity contribution is -0.0447. The largest absolute Gasteiger partial charge is 0.384 e. The molecule has 1 aromatic rings. The molecule has 5 nitrogen and oxygen atoms in total. The quantitative estimate of drug-likeness (QED) is 0.924. The average molecular weight is 289 g/mol. The number of hydrogen-bond acceptors (Lipinski definition) is 4. The van der Waals surface area contributed by atoms with Crippen LogP contribution < -0.4 is 5.32 Å². The van der Waals surface area contributed by atoms with Crippen LogP contribution in [0.5, 0.6) is 0 Å². The summed E-state index contributed by atoms with van der Waals surface area (Å²) in [5.41, 5.74) is 1.50. The number of ether oxygens (including phenoxy) is 1. The number of amides is 1. The van der Waals surface area contributed by atoms with Gasteiger partial charge in [0.2, 0.25) is 0 Å². The van der Waals surface area contributed by atoms with Crippen molar-refractivity contribution in [1.82, 2.24) is 9.88 Å². The Labute approximate surface area is 125 Å². The normalized spacial score (nSPS) is 24.7. The Morgan fingerprint density at radius 3 is 3.14 bits per heavy atom. The van der Waals surface area contributed by atoms with E-state index in [-0.39, 0.29) is 18.1 Å². The number of anilines is 1. The fourth-order valence-corrected chi connectivity index (χ4v) is 3.22. The molecule has 2 heterocycles. The fourth-order valence-electron chi connectivity index (χ4n) is 3.22. The van der Waals surface area contributed by atoms with Crippen LogP contribution >= 0.6 is 0 Å². The number of aromatic nitrogens is 1. The Morgan fingerprint density at radius 2 is 2.38 bits per heavy atom. The lowest BCUT2D eigenvalue weighted by atomic mass is 10.1. The lowest BCUT2D eigenvalue weighted by Crippen LogP contribution is -2.51. The Bertz CT molecular complexity index is 489. The molecule has 2 unspecified atom stereocenters. The van der Waals surface area contributed by atoms with Crippen molar-refractivity contribution in [2.45, 2.75) is 44.8 Å². The summed E-state index contributed by atoms with van der Waals surface area (Å²) in [6.45, 7) is 4.36. The van der Waals surface area contributed by atoms with Gasteiger partial charge in [0.15, 0.2) is 0 Å². The van der Waals surface area contributed by atoms with Gasteiger partial charge in [0.1, 0.15) is 5.69 Å². The van der Waals surface area contributed by atoms with Crippen molar-refractivity contribution in [2.24, 2.45) is 0 Å². The minimum Gasteiger partial charge on any atom is -0.384 e. The minimum atomic E-state index is 0.0391. The summed E-state index contributed by atoms with van der Waals surface area (Å²) in [6.07, 6.45) is 6.31. The second-order valence-corrected chi connectivity index (χ2v) is 5.76. The molecule has 1 amide bonds. The molecule has 1 aliphatic carbocycles. The molecule has 5 heteroatoms. The highest BCUT2D eigenvalue weighted by Gasteiger charge is 2.38. The zero-order chi connectivity index (χ0) is 14.7. The molecule has 21 heavy (non-hydrogen) atoms. The number of fused-ring (bicyclic) bond motifs is 1. The Balaban J connectivity index is 1.69. The number of carbonyl (C=O) groups excluding carboxylic acids is 1. The number of nitrogens with zero attached hydrogens (tertiary/aromatic N) is 2. The minimum absolute atomic E-state index is 0.0391. The van der Waals surface area contributed by atoms with Gasteiger partial charge >= 0.3 is 0 Å². The standard InChI is InChI=1S/C16H23N3O2/c1-2-8-17-12-6-7-13(18-11-12)16(20)19-9-10-21-15-5-3-4-14(15)19/h6-7,11,14-15,17H,2-5,8-10H2,1H3. The number of hydrogen-bond donors (Lipinski definition) is 1. The third-order valence-electron chi connectivity index (χ3n) is 4.30. The van der Waals surface area contributed by atoms with Crippen molar-refractivity contribution in [2.75, 3.05) is 25.0 Å². The monoisotopic (exact) mass is 289 g/mol. The van der Waals surface area contributed by atoms with Gasteiger partial charge in [0, 0.05) is 13.1 Å². The van der Waals surface area contributed by atoms with Gasteiger partial charge in [-0.3, -0.25) is 4.79 Å². The predicted molar refractivity (Wildman–Crippen MR) is 81.4 cm³/mol. The summed E-state index contributed by atoms with van der Waals surface area (Å²) in [4.78, 5) is 18.9. The Hall–Kier alpha value is -1.62. The van der Waals surface area contributed by atoms with Crippen LogP contribution in [0.25, 0.3) is 0 Å². The van der Waals surface area contributed by atoms with E-state index in [2.05, 4.69) is 17.2 Å². The van der Waals surface area contributed by atoms with Gasteiger partial charge in [-0.1, -0.05) is 6.92 Å². The van der Waals surface area contributed by atoms with Crippen LogP contribution in [0.4, 0.5) is 5.69 Å². The lowest BCUT2D eigenvalue weighted by Gasteiger charge is -2.37. The molecule has 0 spiro atoms. The summed E-state index contributed by atoms with van der Waals surface area (Å²) in [6, 6.07) is 3.99. The molecule has 2 aliphatic rings. The molecule has 0 aromatic carbocycles. The number of pyridine rings is 1. The van der Waals surface area contributed by atoms with Gasteiger partial charge in [-0.2, -0.15) is 0 Å². The predicted octanol–water partition coefficient (Wildman–Crippen LogP) is 2.30. The molecule has 3 rings (SSSR count). The van der Waals surface area contributed by atoms with Gasteiger partial charge < -0.3 is 15.0 Å². The topological polar surface area (TPSA) is 54.5 Å². The molecule has 114 valence electrons. The van der Waals surface area contributed by atoms with E-state index >= 15 is 0 Å². The van der Waals surface area contributed by atoms with E-state index in [9.17, 15) is 4.79 Å². The average Bonchev–Trinajstić information content (AvgIpc) is 3.01. The maximum absolute atomic E-state index is 12.7. The van der Waals surface area contributed by atoms with Crippen molar-refractivity contribution in [3.8, 4) is 0 Å². The Morgan fingerprint density at radius 1 is 1.48 bits per heavy atom. The van der Waals surface area contributed by atoms with Gasteiger partial charge in [-0.05, 0) is 37.8 Å². The third kappa shape index (κ3) is 3.02. The number of carbonyl (C=O) groups is 1. The molecule has 2 atom stereocenters. The number of nitrogens with one attached hydrogen (secondary N) is 1. The van der Waals surface area contributed by atoms with Crippen molar-refractivity contribution >= 4 is 11.6 Å². The Kier molecular flexibility index (Phi) is 4.39. The number of morpholine rings is 1. The van der Waals surface area contributed by atoms with Crippen LogP contribution in [0.1, 0.15) is 43.1 Å². The van der Waals surface area contributed by atoms with E-state index < -0.39 is 0 Å². The van der Waals surface area contributed by atoms with Crippen LogP contribution in [-0.2, 0) is 4.74 Å². The number of rotatable bonds is 4. The van der Waals surface area contributed by atoms with Crippen molar-refractivity contribution in [3.63, 3.8) is 0 Å². The van der Waals surface area contributed by atoms with Crippen LogP contribution in [-0.4, -0.2) is 47.6 Å². The first kappa shape index (κ1) is 14.3. The van der Waals surface area contributed by atoms with Crippen LogP contribution in [0.15, 0.2) is 18.3 Å². The summed E-state index contributed by atoms with van der Waals surface area (Å²) in [5.74, 6) is 0.0391. The summed E-state index contributed by atoms with van der Waals surface area (Å²) < 4.78 is 5.76. The van der Waals surface area contributed by atoms with E-state index in [0.717, 1.165) is 37.9 Å². The van der Waals surface area contributed by atoms with Gasteiger partial charge in [0.05, 0.1) is 30.6 Å². The van der Waals surface area contributed by atoms with Crippen LogP contribution in [0, 0.1) is 0 Å². The molecule has 0 bridgehead atoms. The van der Waals surface area contributed by atoms with E-state index in [1.807, 2.05) is 17.0 Å². The van der Waals surface area contributed by atoms with Crippen LogP contribution in [0.2, 0.25) is 0 Å². The highest BCUT2D eigenvalue weighted by atomic mass is 16.5. The third-order valence-corrected chi connectivity index (χ3v) is 4.30. The second-order valence-electron chi connectivity index (χ2n) is 5.76. The van der Waals surface area contributed by atoms with E-state index in [1.165, 1.54) is 0 Å². The second kappa shape index (κ2) is 6.43. The molecular weight excluding hydrogens is 266 g/mol. The SMILES string of the molecule is CCCNc1ccc(C(=O)N2CCOC3CCCC32)nc1. The molecule has 2 fully saturated rings. The van der Waals surface area contributed by atoms with Gasteiger partial charge in [-0.15, -0.1) is 0 Å². The molecular formula is C16H23N3O2. The van der Waals surface area contributed by atoms with E-state index in [4.69, 9.17) is 4.74 Å².